The molecule has 0 unspecified atom stereocenters. The highest BCUT2D eigenvalue weighted by atomic mass is 32.2. The quantitative estimate of drug-likeness (QED) is 0.493. The summed E-state index contributed by atoms with van der Waals surface area (Å²) in [6.07, 6.45) is 2.22. The Balaban J connectivity index is 2.50. The smallest absolute Gasteiger partial charge is 0.273 e. The first kappa shape index (κ1) is 15.9. The van der Waals surface area contributed by atoms with Crippen LogP contribution in [-0.2, 0) is 21.3 Å². The molecule has 108 valence electrons. The molecule has 0 aromatic carbocycles. The molecule has 0 saturated heterocycles. The molecule has 0 atom stereocenters. The number of rotatable bonds is 10. The van der Waals surface area contributed by atoms with Gasteiger partial charge in [0.15, 0.2) is 0 Å². The van der Waals surface area contributed by atoms with Gasteiger partial charge in [0.1, 0.15) is 5.76 Å². The zero-order valence-electron chi connectivity index (χ0n) is 11.0. The van der Waals surface area contributed by atoms with Crippen molar-refractivity contribution in [1.82, 2.24) is 10.0 Å². The third-order valence-electron chi connectivity index (χ3n) is 2.32. The number of sulfonamides is 1. The van der Waals surface area contributed by atoms with E-state index in [1.807, 2.05) is 0 Å². The number of nitrogens with one attached hydrogen (secondary N) is 2. The fourth-order valence-corrected chi connectivity index (χ4v) is 2.34. The van der Waals surface area contributed by atoms with Crippen LogP contribution in [0.4, 0.5) is 0 Å². The van der Waals surface area contributed by atoms with Crippen LogP contribution in [0.5, 0.6) is 0 Å². The second-order valence-electron chi connectivity index (χ2n) is 3.87. The minimum atomic E-state index is -3.56. The number of furan rings is 1. The minimum Gasteiger partial charge on any atom is -0.447 e. The molecule has 19 heavy (non-hydrogen) atoms. The summed E-state index contributed by atoms with van der Waals surface area (Å²) < 4.78 is 36.2. The van der Waals surface area contributed by atoms with Crippen molar-refractivity contribution < 1.29 is 17.6 Å². The maximum absolute atomic E-state index is 11.8. The average Bonchev–Trinajstić information content (AvgIpc) is 2.84. The second kappa shape index (κ2) is 8.11. The standard InChI is InChI=1S/C12H20N2O4S/c1-3-4-7-14-19(15,16)12-6-5-11(18-12)10-13-8-9-17-2/h3,5-6,13-14H,1,4,7-10H2,2H3. The van der Waals surface area contributed by atoms with Crippen molar-refractivity contribution in [3.63, 3.8) is 0 Å². The SMILES string of the molecule is C=CCCNS(=O)(=O)c1ccc(CNCCOC)o1. The Hall–Kier alpha value is -1.15. The lowest BCUT2D eigenvalue weighted by Gasteiger charge is -2.03. The molecule has 1 rings (SSSR count). The largest absolute Gasteiger partial charge is 0.447 e. The molecule has 0 saturated carbocycles. The van der Waals surface area contributed by atoms with E-state index in [2.05, 4.69) is 16.6 Å². The Morgan fingerprint density at radius 1 is 1.42 bits per heavy atom. The predicted octanol–water partition coefficient (Wildman–Crippen LogP) is 0.870. The number of methoxy groups -OCH3 is 1. The fraction of sp³-hybridized carbons (Fsp3) is 0.500. The molecule has 1 heterocycles. The van der Waals surface area contributed by atoms with E-state index in [-0.39, 0.29) is 5.09 Å². The molecule has 1 aromatic rings. The summed E-state index contributed by atoms with van der Waals surface area (Å²) in [4.78, 5) is 0. The van der Waals surface area contributed by atoms with E-state index < -0.39 is 10.0 Å². The molecule has 0 aliphatic rings. The molecule has 1 aromatic heterocycles. The molecule has 0 radical (unpaired) electrons. The van der Waals surface area contributed by atoms with Gasteiger partial charge in [0.25, 0.3) is 10.0 Å². The van der Waals surface area contributed by atoms with Gasteiger partial charge in [-0.1, -0.05) is 6.08 Å². The van der Waals surface area contributed by atoms with Gasteiger partial charge in [-0.3, -0.25) is 0 Å². The van der Waals surface area contributed by atoms with E-state index in [4.69, 9.17) is 9.15 Å². The third-order valence-corrected chi connectivity index (χ3v) is 3.66. The highest BCUT2D eigenvalue weighted by Gasteiger charge is 2.17. The summed E-state index contributed by atoms with van der Waals surface area (Å²) in [6.45, 7) is 5.58. The van der Waals surface area contributed by atoms with Crippen LogP contribution in [0.1, 0.15) is 12.2 Å². The van der Waals surface area contributed by atoms with Crippen LogP contribution in [0.25, 0.3) is 0 Å². The van der Waals surface area contributed by atoms with Gasteiger partial charge in [0.2, 0.25) is 5.09 Å². The number of hydrogen-bond donors (Lipinski definition) is 2. The van der Waals surface area contributed by atoms with Crippen molar-refractivity contribution in [2.24, 2.45) is 0 Å². The Labute approximate surface area is 113 Å². The average molecular weight is 288 g/mol. The summed E-state index contributed by atoms with van der Waals surface area (Å²) in [5, 5.41) is 3.00. The van der Waals surface area contributed by atoms with Crippen LogP contribution >= 0.6 is 0 Å². The highest BCUT2D eigenvalue weighted by molar-refractivity contribution is 7.89. The molecule has 0 fully saturated rings. The van der Waals surface area contributed by atoms with Crippen LogP contribution in [0.15, 0.2) is 34.3 Å². The van der Waals surface area contributed by atoms with Gasteiger partial charge in [-0.2, -0.15) is 0 Å². The van der Waals surface area contributed by atoms with Crippen LogP contribution < -0.4 is 10.0 Å². The second-order valence-corrected chi connectivity index (χ2v) is 5.56. The molecular formula is C12H20N2O4S. The molecule has 2 N–H and O–H groups in total. The van der Waals surface area contributed by atoms with Crippen LogP contribution in [-0.4, -0.2) is 35.2 Å². The summed E-state index contributed by atoms with van der Waals surface area (Å²) >= 11 is 0. The van der Waals surface area contributed by atoms with Crippen molar-refractivity contribution in [2.45, 2.75) is 18.1 Å². The van der Waals surface area contributed by atoms with Crippen molar-refractivity contribution in [1.29, 1.82) is 0 Å². The molecule has 0 aliphatic heterocycles. The predicted molar refractivity (Wildman–Crippen MR) is 72.3 cm³/mol. The van der Waals surface area contributed by atoms with Gasteiger partial charge in [0, 0.05) is 20.2 Å². The van der Waals surface area contributed by atoms with Gasteiger partial charge in [-0.05, 0) is 18.6 Å². The Bertz CT molecular complexity index is 482. The molecule has 7 heteroatoms. The topological polar surface area (TPSA) is 80.6 Å². The first-order chi connectivity index (χ1) is 9.10. The monoisotopic (exact) mass is 288 g/mol. The Kier molecular flexibility index (Phi) is 6.79. The lowest BCUT2D eigenvalue weighted by atomic mass is 10.4. The van der Waals surface area contributed by atoms with E-state index in [0.29, 0.717) is 38.4 Å². The van der Waals surface area contributed by atoms with Crippen LogP contribution in [0.2, 0.25) is 0 Å². The van der Waals surface area contributed by atoms with Crippen LogP contribution in [0, 0.1) is 0 Å². The van der Waals surface area contributed by atoms with Crippen molar-refractivity contribution in [2.75, 3.05) is 26.8 Å². The van der Waals surface area contributed by atoms with Crippen molar-refractivity contribution in [3.8, 4) is 0 Å². The molecule has 0 bridgehead atoms. The maximum atomic E-state index is 11.8. The van der Waals surface area contributed by atoms with Gasteiger partial charge >= 0.3 is 0 Å². The number of hydrogen-bond acceptors (Lipinski definition) is 5. The normalized spacial score (nSPS) is 11.6. The van der Waals surface area contributed by atoms with Gasteiger partial charge in [0.05, 0.1) is 13.2 Å². The summed E-state index contributed by atoms with van der Waals surface area (Å²) in [7, 11) is -1.94. The Morgan fingerprint density at radius 2 is 2.21 bits per heavy atom. The van der Waals surface area contributed by atoms with Crippen molar-refractivity contribution in [3.05, 3.63) is 30.5 Å². The first-order valence-electron chi connectivity index (χ1n) is 5.99. The molecule has 0 amide bonds. The first-order valence-corrected chi connectivity index (χ1v) is 7.47. The number of ether oxygens (including phenoxy) is 1. The van der Waals surface area contributed by atoms with E-state index in [0.717, 1.165) is 0 Å². The third kappa shape index (κ3) is 5.56. The lowest BCUT2D eigenvalue weighted by Crippen LogP contribution is -2.24. The lowest BCUT2D eigenvalue weighted by molar-refractivity contribution is 0.198. The molecule has 0 spiro atoms. The fourth-order valence-electron chi connectivity index (χ4n) is 1.35. The van der Waals surface area contributed by atoms with E-state index >= 15 is 0 Å². The van der Waals surface area contributed by atoms with Crippen molar-refractivity contribution >= 4 is 10.0 Å². The van der Waals surface area contributed by atoms with Gasteiger partial charge in [-0.15, -0.1) is 6.58 Å². The van der Waals surface area contributed by atoms with E-state index in [1.54, 1.807) is 19.3 Å². The Morgan fingerprint density at radius 3 is 2.89 bits per heavy atom. The minimum absolute atomic E-state index is 0.0693. The summed E-state index contributed by atoms with van der Waals surface area (Å²) in [5.41, 5.74) is 0. The van der Waals surface area contributed by atoms with E-state index in [1.165, 1.54) is 6.07 Å². The van der Waals surface area contributed by atoms with Gasteiger partial charge < -0.3 is 14.5 Å². The maximum Gasteiger partial charge on any atom is 0.273 e. The zero-order valence-corrected chi connectivity index (χ0v) is 11.8. The highest BCUT2D eigenvalue weighted by Crippen LogP contribution is 2.13. The summed E-state index contributed by atoms with van der Waals surface area (Å²) in [6, 6.07) is 3.09. The summed E-state index contributed by atoms with van der Waals surface area (Å²) in [5.74, 6) is 0.570. The molecule has 6 nitrogen and oxygen atoms in total. The molecular weight excluding hydrogens is 268 g/mol. The van der Waals surface area contributed by atoms with Gasteiger partial charge in [-0.25, -0.2) is 13.1 Å². The van der Waals surface area contributed by atoms with Crippen LogP contribution in [0.3, 0.4) is 0 Å². The van der Waals surface area contributed by atoms with E-state index in [9.17, 15) is 8.42 Å². The molecule has 0 aliphatic carbocycles. The zero-order chi connectivity index (χ0) is 14.1.